The molecule has 3 heterocycles. The summed E-state index contributed by atoms with van der Waals surface area (Å²) in [5, 5.41) is 1.49. The lowest BCUT2D eigenvalue weighted by molar-refractivity contribution is 0.0680. The van der Waals surface area contributed by atoms with Crippen molar-refractivity contribution in [3.8, 4) is 22.9 Å². The molecule has 3 fully saturated rings. The van der Waals surface area contributed by atoms with Crippen LogP contribution >= 0.6 is 0 Å². The third kappa shape index (κ3) is 4.70. The predicted molar refractivity (Wildman–Crippen MR) is 139 cm³/mol. The summed E-state index contributed by atoms with van der Waals surface area (Å²) in [6.07, 6.45) is 6.84. The van der Waals surface area contributed by atoms with E-state index in [1.807, 2.05) is 42.5 Å². The number of hydrogen-bond acceptors (Lipinski definition) is 6. The maximum atomic E-state index is 13.3. The minimum Gasteiger partial charge on any atom is -0.493 e. The Labute approximate surface area is 211 Å². The molecule has 0 bridgehead atoms. The van der Waals surface area contributed by atoms with E-state index in [2.05, 4.69) is 4.90 Å². The summed E-state index contributed by atoms with van der Waals surface area (Å²) in [5.41, 5.74) is 0.651. The molecule has 1 aliphatic carbocycles. The van der Waals surface area contributed by atoms with Gasteiger partial charge in [0.05, 0.1) is 18.9 Å². The highest BCUT2D eigenvalue weighted by molar-refractivity contribution is 5.83. The first kappa shape index (κ1) is 23.4. The van der Waals surface area contributed by atoms with Gasteiger partial charge < -0.3 is 18.9 Å². The first-order valence-corrected chi connectivity index (χ1v) is 13.1. The van der Waals surface area contributed by atoms with Crippen LogP contribution < -0.4 is 19.8 Å². The van der Waals surface area contributed by atoms with Crippen molar-refractivity contribution in [3.63, 3.8) is 0 Å². The number of pyridine rings is 1. The van der Waals surface area contributed by atoms with Gasteiger partial charge in [0, 0.05) is 43.9 Å². The maximum Gasteiger partial charge on any atom is 0.262 e. The van der Waals surface area contributed by atoms with Gasteiger partial charge in [0.1, 0.15) is 19.0 Å². The highest BCUT2D eigenvalue weighted by Crippen LogP contribution is 2.40. The minimum absolute atomic E-state index is 0.0856. The van der Waals surface area contributed by atoms with Gasteiger partial charge in [-0.05, 0) is 79.3 Å². The van der Waals surface area contributed by atoms with E-state index in [9.17, 15) is 4.79 Å². The van der Waals surface area contributed by atoms with Crippen molar-refractivity contribution in [2.45, 2.75) is 31.8 Å². The maximum absolute atomic E-state index is 13.3. The molecule has 7 nitrogen and oxygen atoms in total. The standard InChI is InChI=1S/C29H34N2O5/c1-33-28-16-23(6-9-27(28)35-14-12-30-17-21-4-5-22(21)18-30)31-11-10-20-15-24(7-8-26(20)29(31)32)36-19-25-3-2-13-34-25/h6-11,15-16,21-22,25H,2-5,12-14,17-19H2,1H3. The van der Waals surface area contributed by atoms with Crippen LogP contribution in [0.5, 0.6) is 17.2 Å². The molecule has 1 saturated carbocycles. The highest BCUT2D eigenvalue weighted by atomic mass is 16.5. The Morgan fingerprint density at radius 2 is 1.83 bits per heavy atom. The van der Waals surface area contributed by atoms with Crippen LogP contribution in [0.2, 0.25) is 0 Å². The van der Waals surface area contributed by atoms with Crippen LogP contribution in [0.4, 0.5) is 0 Å². The molecular weight excluding hydrogens is 456 g/mol. The number of methoxy groups -OCH3 is 1. The number of benzene rings is 2. The second-order valence-corrected chi connectivity index (χ2v) is 10.2. The van der Waals surface area contributed by atoms with Gasteiger partial charge in [0.25, 0.3) is 5.56 Å². The van der Waals surface area contributed by atoms with Crippen LogP contribution in [0.1, 0.15) is 25.7 Å². The zero-order valence-electron chi connectivity index (χ0n) is 20.9. The van der Waals surface area contributed by atoms with E-state index < -0.39 is 0 Å². The quantitative estimate of drug-likeness (QED) is 0.446. The van der Waals surface area contributed by atoms with Gasteiger partial charge in [-0.15, -0.1) is 0 Å². The van der Waals surface area contributed by atoms with Crippen molar-refractivity contribution in [2.75, 3.05) is 46.6 Å². The molecule has 3 atom stereocenters. The molecular formula is C29H34N2O5. The Morgan fingerprint density at radius 3 is 2.58 bits per heavy atom. The summed E-state index contributed by atoms with van der Waals surface area (Å²) >= 11 is 0. The molecule has 36 heavy (non-hydrogen) atoms. The molecule has 2 aromatic carbocycles. The van der Waals surface area contributed by atoms with Crippen molar-refractivity contribution < 1.29 is 18.9 Å². The van der Waals surface area contributed by atoms with Crippen LogP contribution in [-0.2, 0) is 4.74 Å². The molecule has 0 amide bonds. The van der Waals surface area contributed by atoms with Gasteiger partial charge in [0.15, 0.2) is 11.5 Å². The topological polar surface area (TPSA) is 62.2 Å². The highest BCUT2D eigenvalue weighted by Gasteiger charge is 2.38. The number of likely N-dealkylation sites (tertiary alicyclic amines) is 1. The molecule has 3 unspecified atom stereocenters. The Hall–Kier alpha value is -3.03. The Kier molecular flexibility index (Phi) is 6.59. The van der Waals surface area contributed by atoms with Crippen molar-refractivity contribution in [3.05, 3.63) is 59.0 Å². The molecule has 190 valence electrons. The average molecular weight is 491 g/mol. The first-order valence-electron chi connectivity index (χ1n) is 13.1. The van der Waals surface area contributed by atoms with Gasteiger partial charge in [0.2, 0.25) is 0 Å². The summed E-state index contributed by atoms with van der Waals surface area (Å²) in [6.45, 7) is 5.32. The lowest BCUT2D eigenvalue weighted by Gasteiger charge is -2.28. The van der Waals surface area contributed by atoms with E-state index in [1.165, 1.54) is 25.9 Å². The summed E-state index contributed by atoms with van der Waals surface area (Å²) in [6, 6.07) is 13.2. The molecule has 0 spiro atoms. The van der Waals surface area contributed by atoms with Gasteiger partial charge in [-0.1, -0.05) is 0 Å². The number of hydrogen-bond donors (Lipinski definition) is 0. The Balaban J connectivity index is 1.14. The molecule has 6 rings (SSSR count). The summed E-state index contributed by atoms with van der Waals surface area (Å²) in [4.78, 5) is 15.8. The fourth-order valence-electron chi connectivity index (χ4n) is 5.73. The molecule has 1 aromatic heterocycles. The van der Waals surface area contributed by atoms with E-state index in [1.54, 1.807) is 17.9 Å². The van der Waals surface area contributed by atoms with Crippen LogP contribution in [0.15, 0.2) is 53.5 Å². The second kappa shape index (κ2) is 10.1. The van der Waals surface area contributed by atoms with Crippen molar-refractivity contribution in [1.82, 2.24) is 9.47 Å². The predicted octanol–water partition coefficient (Wildman–Crippen LogP) is 4.28. The van der Waals surface area contributed by atoms with Crippen molar-refractivity contribution in [2.24, 2.45) is 11.8 Å². The normalized spacial score (nSPS) is 23.4. The largest absolute Gasteiger partial charge is 0.493 e. The molecule has 2 saturated heterocycles. The number of nitrogens with zero attached hydrogens (tertiary/aromatic N) is 2. The summed E-state index contributed by atoms with van der Waals surface area (Å²) < 4.78 is 24.8. The van der Waals surface area contributed by atoms with E-state index in [0.29, 0.717) is 30.1 Å². The smallest absolute Gasteiger partial charge is 0.262 e. The molecule has 3 aromatic rings. The third-order valence-corrected chi connectivity index (χ3v) is 7.99. The van der Waals surface area contributed by atoms with Crippen molar-refractivity contribution in [1.29, 1.82) is 0 Å². The Morgan fingerprint density at radius 1 is 0.972 bits per heavy atom. The number of rotatable bonds is 9. The molecule has 0 N–H and O–H groups in total. The van der Waals surface area contributed by atoms with E-state index >= 15 is 0 Å². The molecule has 0 radical (unpaired) electrons. The monoisotopic (exact) mass is 490 g/mol. The lowest BCUT2D eigenvalue weighted by atomic mass is 9.77. The second-order valence-electron chi connectivity index (χ2n) is 10.2. The lowest BCUT2D eigenvalue weighted by Crippen LogP contribution is -2.26. The molecule has 3 aliphatic rings. The fraction of sp³-hybridized carbons (Fsp3) is 0.483. The van der Waals surface area contributed by atoms with Gasteiger partial charge in [-0.3, -0.25) is 14.3 Å². The molecule has 7 heteroatoms. The number of fused-ring (bicyclic) bond motifs is 2. The average Bonchev–Trinajstić information content (AvgIpc) is 3.51. The minimum atomic E-state index is -0.0856. The zero-order chi connectivity index (χ0) is 24.5. The van der Waals surface area contributed by atoms with E-state index in [4.69, 9.17) is 18.9 Å². The van der Waals surface area contributed by atoms with Crippen LogP contribution in [0, 0.1) is 11.8 Å². The summed E-state index contributed by atoms with van der Waals surface area (Å²) in [7, 11) is 1.63. The third-order valence-electron chi connectivity index (χ3n) is 7.99. The van der Waals surface area contributed by atoms with E-state index in [-0.39, 0.29) is 11.7 Å². The number of aromatic nitrogens is 1. The molecule has 2 aliphatic heterocycles. The summed E-state index contributed by atoms with van der Waals surface area (Å²) in [5.74, 6) is 3.89. The van der Waals surface area contributed by atoms with Crippen LogP contribution in [0.3, 0.4) is 0 Å². The number of ether oxygens (including phenoxy) is 4. The Bertz CT molecular complexity index is 1270. The fourth-order valence-corrected chi connectivity index (χ4v) is 5.73. The van der Waals surface area contributed by atoms with Gasteiger partial charge in [-0.2, -0.15) is 0 Å². The van der Waals surface area contributed by atoms with Gasteiger partial charge in [-0.25, -0.2) is 0 Å². The van der Waals surface area contributed by atoms with Gasteiger partial charge >= 0.3 is 0 Å². The first-order chi connectivity index (χ1) is 17.7. The zero-order valence-corrected chi connectivity index (χ0v) is 20.9. The van der Waals surface area contributed by atoms with Crippen LogP contribution in [0.25, 0.3) is 16.5 Å². The SMILES string of the molecule is COc1cc(-n2ccc3cc(OCC4CCCO4)ccc3c2=O)ccc1OCCN1CC2CCC2C1. The van der Waals surface area contributed by atoms with Crippen molar-refractivity contribution >= 4 is 10.8 Å². The van der Waals surface area contributed by atoms with Crippen LogP contribution in [-0.4, -0.2) is 62.1 Å². The van der Waals surface area contributed by atoms with E-state index in [0.717, 1.165) is 54.7 Å².